The Labute approximate surface area is 96.8 Å². The molecule has 0 saturated heterocycles. The van der Waals surface area contributed by atoms with Crippen LogP contribution >= 0.6 is 23.5 Å². The average Bonchev–Trinajstić information content (AvgIpc) is 2.55. The van der Waals surface area contributed by atoms with Gasteiger partial charge in [-0.3, -0.25) is 0 Å². The Bertz CT molecular complexity index is 440. The summed E-state index contributed by atoms with van der Waals surface area (Å²) in [4.78, 5) is 0. The number of thioether (sulfide) groups is 2. The van der Waals surface area contributed by atoms with Crippen molar-refractivity contribution < 1.29 is 8.42 Å². The van der Waals surface area contributed by atoms with Crippen LogP contribution in [0.25, 0.3) is 0 Å². The van der Waals surface area contributed by atoms with Gasteiger partial charge in [-0.25, -0.2) is 13.4 Å². The Morgan fingerprint density at radius 1 is 1.67 bits per heavy atom. The molecular formula is C7H9N3O2S3. The molecule has 0 amide bonds. The molecule has 2 aliphatic heterocycles. The van der Waals surface area contributed by atoms with E-state index in [0.29, 0.717) is 11.7 Å². The van der Waals surface area contributed by atoms with Gasteiger partial charge in [-0.1, -0.05) is 17.8 Å². The maximum absolute atomic E-state index is 11.2. The van der Waals surface area contributed by atoms with E-state index in [-0.39, 0.29) is 5.75 Å². The van der Waals surface area contributed by atoms with Gasteiger partial charge in [-0.2, -0.15) is 5.10 Å². The lowest BCUT2D eigenvalue weighted by Crippen LogP contribution is -2.31. The summed E-state index contributed by atoms with van der Waals surface area (Å²) in [5, 5.41) is 6.35. The van der Waals surface area contributed by atoms with Crippen LogP contribution in [0.15, 0.2) is 22.2 Å². The Kier molecular flexibility index (Phi) is 3.08. The zero-order chi connectivity index (χ0) is 10.9. The van der Waals surface area contributed by atoms with Crippen LogP contribution in [0.3, 0.4) is 0 Å². The van der Waals surface area contributed by atoms with Gasteiger partial charge in [0, 0.05) is 5.75 Å². The Hall–Kier alpha value is -0.470. The highest BCUT2D eigenvalue weighted by atomic mass is 32.2. The molecule has 0 aliphatic carbocycles. The Balaban J connectivity index is 2.12. The molecule has 0 unspecified atom stereocenters. The third-order valence-electron chi connectivity index (χ3n) is 1.70. The van der Waals surface area contributed by atoms with E-state index < -0.39 is 10.0 Å². The highest BCUT2D eigenvalue weighted by Gasteiger charge is 2.30. The van der Waals surface area contributed by atoms with Crippen LogP contribution in [0.4, 0.5) is 0 Å². The average molecular weight is 263 g/mol. The van der Waals surface area contributed by atoms with Crippen LogP contribution in [0, 0.1) is 0 Å². The number of fused-ring (bicyclic) bond motifs is 1. The molecule has 2 aliphatic rings. The largest absolute Gasteiger partial charge is 0.257 e. The minimum Gasteiger partial charge on any atom is -0.239 e. The molecule has 5 nitrogen and oxygen atoms in total. The molecule has 0 atom stereocenters. The fourth-order valence-electron chi connectivity index (χ4n) is 1.06. The van der Waals surface area contributed by atoms with Gasteiger partial charge < -0.3 is 0 Å². The third-order valence-corrected chi connectivity index (χ3v) is 5.05. The van der Waals surface area contributed by atoms with E-state index in [1.54, 1.807) is 11.1 Å². The minimum absolute atomic E-state index is 0.0416. The van der Waals surface area contributed by atoms with Crippen LogP contribution in [0.2, 0.25) is 0 Å². The molecule has 0 saturated carbocycles. The summed E-state index contributed by atoms with van der Waals surface area (Å²) in [5.41, 5.74) is 0. The van der Waals surface area contributed by atoms with E-state index in [0.717, 1.165) is 10.1 Å². The van der Waals surface area contributed by atoms with Crippen molar-refractivity contribution in [1.29, 1.82) is 0 Å². The second-order valence-electron chi connectivity index (χ2n) is 2.85. The lowest BCUT2D eigenvalue weighted by atomic mass is 10.7. The fourth-order valence-corrected chi connectivity index (χ4v) is 3.99. The zero-order valence-electron chi connectivity index (χ0n) is 7.79. The second kappa shape index (κ2) is 4.18. The van der Waals surface area contributed by atoms with E-state index >= 15 is 0 Å². The van der Waals surface area contributed by atoms with Crippen molar-refractivity contribution >= 4 is 43.1 Å². The molecule has 15 heavy (non-hydrogen) atoms. The van der Waals surface area contributed by atoms with Crippen molar-refractivity contribution in [2.45, 2.75) is 0 Å². The van der Waals surface area contributed by atoms with Crippen molar-refractivity contribution in [3.8, 4) is 0 Å². The smallest absolute Gasteiger partial charge is 0.239 e. The highest BCUT2D eigenvalue weighted by Crippen LogP contribution is 2.30. The molecule has 0 aromatic rings. The quantitative estimate of drug-likeness (QED) is 0.693. The molecule has 0 radical (unpaired) electrons. The van der Waals surface area contributed by atoms with Crippen LogP contribution in [-0.2, 0) is 10.0 Å². The summed E-state index contributed by atoms with van der Waals surface area (Å²) in [7, 11) is -3.26. The molecule has 82 valence electrons. The Morgan fingerprint density at radius 3 is 3.20 bits per heavy atom. The van der Waals surface area contributed by atoms with Crippen LogP contribution < -0.4 is 0 Å². The predicted molar refractivity (Wildman–Crippen MR) is 65.6 cm³/mol. The van der Waals surface area contributed by atoms with Crippen LogP contribution in [0.5, 0.6) is 0 Å². The number of nitrogens with zero attached hydrogens (tertiary/aromatic N) is 3. The van der Waals surface area contributed by atoms with Crippen LogP contribution in [0.1, 0.15) is 0 Å². The van der Waals surface area contributed by atoms with E-state index in [1.807, 2.05) is 0 Å². The van der Waals surface area contributed by atoms with Crippen LogP contribution in [-0.4, -0.2) is 41.0 Å². The summed E-state index contributed by atoms with van der Waals surface area (Å²) in [6.45, 7) is 4.01. The molecule has 0 aromatic heterocycles. The number of sulfonamides is 1. The van der Waals surface area contributed by atoms with Gasteiger partial charge in [0.25, 0.3) is 10.0 Å². The molecule has 0 fully saturated rings. The number of rotatable bonds is 2. The summed E-state index contributed by atoms with van der Waals surface area (Å²) in [6.07, 6.45) is 1.78. The summed E-state index contributed by atoms with van der Waals surface area (Å²) in [6, 6.07) is 0. The van der Waals surface area contributed by atoms with Crippen molar-refractivity contribution in [1.82, 2.24) is 5.01 Å². The number of hydrogen-bond donors (Lipinski definition) is 0. The molecule has 0 N–H and O–H groups in total. The summed E-state index contributed by atoms with van der Waals surface area (Å²) in [5.74, 6) is 0.805. The monoisotopic (exact) mass is 263 g/mol. The van der Waals surface area contributed by atoms with E-state index in [1.165, 1.54) is 23.5 Å². The normalized spacial score (nSPS) is 23.1. The predicted octanol–water partition coefficient (Wildman–Crippen LogP) is 0.925. The molecule has 2 rings (SSSR count). The second-order valence-corrected chi connectivity index (χ2v) is 6.83. The van der Waals surface area contributed by atoms with Gasteiger partial charge in [0.05, 0.1) is 12.3 Å². The van der Waals surface area contributed by atoms with Crippen molar-refractivity contribution in [3.63, 3.8) is 0 Å². The summed E-state index contributed by atoms with van der Waals surface area (Å²) >= 11 is 2.83. The van der Waals surface area contributed by atoms with E-state index in [9.17, 15) is 8.42 Å². The first-order valence-electron chi connectivity index (χ1n) is 4.21. The minimum atomic E-state index is -3.26. The Morgan fingerprint density at radius 2 is 2.47 bits per heavy atom. The molecule has 2 heterocycles. The van der Waals surface area contributed by atoms with Gasteiger partial charge in [0.15, 0.2) is 4.38 Å². The molecular weight excluding hydrogens is 254 g/mol. The van der Waals surface area contributed by atoms with Crippen molar-refractivity contribution in [3.05, 3.63) is 12.7 Å². The molecule has 8 heteroatoms. The maximum Gasteiger partial charge on any atom is 0.257 e. The van der Waals surface area contributed by atoms with Gasteiger partial charge in [-0.05, 0) is 11.8 Å². The molecule has 0 aromatic carbocycles. The van der Waals surface area contributed by atoms with E-state index in [2.05, 4.69) is 16.1 Å². The number of hydrogen-bond acceptors (Lipinski definition) is 6. The lowest BCUT2D eigenvalue weighted by molar-refractivity contribution is 0.474. The standard InChI is InChI=1S/C7H9N3O2S3/c1-2-4-13-7-8-10-3-5-15(11,12)9-6(10)14-7/h2H,1,3-5H2. The molecule has 0 bridgehead atoms. The van der Waals surface area contributed by atoms with Gasteiger partial charge >= 0.3 is 0 Å². The van der Waals surface area contributed by atoms with E-state index in [4.69, 9.17) is 0 Å². The third kappa shape index (κ3) is 2.56. The lowest BCUT2D eigenvalue weighted by Gasteiger charge is -2.16. The highest BCUT2D eigenvalue weighted by molar-refractivity contribution is 8.45. The zero-order valence-corrected chi connectivity index (χ0v) is 10.2. The topological polar surface area (TPSA) is 62.1 Å². The fraction of sp³-hybridized carbons (Fsp3) is 0.429. The van der Waals surface area contributed by atoms with Gasteiger partial charge in [-0.15, -0.1) is 11.0 Å². The van der Waals surface area contributed by atoms with Crippen molar-refractivity contribution in [2.24, 2.45) is 9.50 Å². The maximum atomic E-state index is 11.2. The SMILES string of the molecule is C=CCSC1=NN2CCS(=O)(=O)N=C2S1. The van der Waals surface area contributed by atoms with Crippen molar-refractivity contribution in [2.75, 3.05) is 18.1 Å². The summed E-state index contributed by atoms with van der Waals surface area (Å²) < 4.78 is 26.9. The molecule has 0 spiro atoms. The van der Waals surface area contributed by atoms with Gasteiger partial charge in [0.2, 0.25) is 5.17 Å². The van der Waals surface area contributed by atoms with Gasteiger partial charge in [0.1, 0.15) is 0 Å². The first-order valence-corrected chi connectivity index (χ1v) is 7.62. The number of hydrazone groups is 1. The first kappa shape index (κ1) is 11.0. The number of amidine groups is 1. The first-order chi connectivity index (χ1) is 7.11.